The number of aromatic amines is 1. The van der Waals surface area contributed by atoms with Crippen molar-refractivity contribution in [2.45, 2.75) is 24.9 Å². The number of imidazole rings is 1. The number of nitrogens with one attached hydrogen (secondary N) is 2. The first-order valence-corrected chi connectivity index (χ1v) is 13.0. The number of carbonyl (C=O) groups is 2. The van der Waals surface area contributed by atoms with Crippen LogP contribution in [0.3, 0.4) is 0 Å². The van der Waals surface area contributed by atoms with Crippen LogP contribution in [0.4, 0.5) is 4.79 Å². The molecule has 5 rings (SSSR count). The van der Waals surface area contributed by atoms with Gasteiger partial charge >= 0.3 is 6.09 Å². The fourth-order valence-electron chi connectivity index (χ4n) is 4.21. The van der Waals surface area contributed by atoms with Crippen LogP contribution in [-0.4, -0.2) is 40.5 Å². The van der Waals surface area contributed by atoms with Crippen molar-refractivity contribution in [2.24, 2.45) is 0 Å². The number of benzene rings is 1. The first kappa shape index (κ1) is 22.1. The summed E-state index contributed by atoms with van der Waals surface area (Å²) in [4.78, 5) is 35.6. The van der Waals surface area contributed by atoms with Gasteiger partial charge in [-0.1, -0.05) is 30.3 Å². The smallest absolute Gasteiger partial charge is 0.407 e. The summed E-state index contributed by atoms with van der Waals surface area (Å²) in [6.45, 7) is 0.603. The van der Waals surface area contributed by atoms with Crippen molar-refractivity contribution in [3.05, 3.63) is 63.1 Å². The Morgan fingerprint density at radius 2 is 2.03 bits per heavy atom. The second kappa shape index (κ2) is 9.28. The third-order valence-corrected chi connectivity index (χ3v) is 9.14. The van der Waals surface area contributed by atoms with Gasteiger partial charge in [0.05, 0.1) is 28.2 Å². The van der Waals surface area contributed by atoms with E-state index in [9.17, 15) is 9.59 Å². The Morgan fingerprint density at radius 1 is 1.24 bits per heavy atom. The Balaban J connectivity index is 1.42. The van der Waals surface area contributed by atoms with Gasteiger partial charge in [-0.2, -0.15) is 0 Å². The Labute approximate surface area is 206 Å². The molecule has 0 radical (unpaired) electrons. The van der Waals surface area contributed by atoms with Crippen LogP contribution < -0.4 is 5.32 Å². The van der Waals surface area contributed by atoms with Gasteiger partial charge in [0.15, 0.2) is 0 Å². The van der Waals surface area contributed by atoms with Gasteiger partial charge in [0.2, 0.25) is 0 Å². The van der Waals surface area contributed by atoms with Crippen LogP contribution in [0.5, 0.6) is 0 Å². The van der Waals surface area contributed by atoms with Gasteiger partial charge in [0.1, 0.15) is 11.9 Å². The van der Waals surface area contributed by atoms with Crippen molar-refractivity contribution in [3.63, 3.8) is 0 Å². The summed E-state index contributed by atoms with van der Waals surface area (Å²) in [7, 11) is 1.29. The number of likely N-dealkylation sites (tertiary alicyclic amines) is 1. The maximum absolute atomic E-state index is 13.6. The second-order valence-electron chi connectivity index (χ2n) is 7.73. The van der Waals surface area contributed by atoms with Crippen molar-refractivity contribution in [3.8, 4) is 11.3 Å². The van der Waals surface area contributed by atoms with Crippen LogP contribution in [0, 0.1) is 0 Å². The number of H-pyrrole nitrogens is 1. The molecule has 2 N–H and O–H groups in total. The molecule has 33 heavy (non-hydrogen) atoms. The van der Waals surface area contributed by atoms with Gasteiger partial charge in [-0.15, -0.1) is 22.7 Å². The van der Waals surface area contributed by atoms with E-state index in [1.165, 1.54) is 16.5 Å². The number of aromatic nitrogens is 2. The molecule has 4 aromatic rings. The zero-order valence-electron chi connectivity index (χ0n) is 17.7. The number of methoxy groups -OCH3 is 1. The number of amides is 2. The van der Waals surface area contributed by atoms with E-state index >= 15 is 0 Å². The molecular formula is C23H21BrN4O3S2. The summed E-state index contributed by atoms with van der Waals surface area (Å²) >= 11 is 6.98. The number of hydrogen-bond acceptors (Lipinski definition) is 6. The van der Waals surface area contributed by atoms with Gasteiger partial charge in [-0.05, 0) is 34.3 Å². The van der Waals surface area contributed by atoms with Crippen LogP contribution >= 0.6 is 38.6 Å². The Bertz CT molecular complexity index is 1300. The Kier molecular flexibility index (Phi) is 6.22. The molecule has 2 atom stereocenters. The number of alkyl carbamates (subject to hydrolysis) is 1. The summed E-state index contributed by atoms with van der Waals surface area (Å²) in [5.41, 5.74) is 2.68. The number of fused-ring (bicyclic) bond motifs is 1. The molecule has 1 aromatic carbocycles. The normalized spacial score (nSPS) is 16.8. The maximum atomic E-state index is 13.6. The monoisotopic (exact) mass is 544 g/mol. The molecule has 7 nitrogen and oxygen atoms in total. The molecule has 0 unspecified atom stereocenters. The molecule has 0 bridgehead atoms. The van der Waals surface area contributed by atoms with Crippen molar-refractivity contribution in [2.75, 3.05) is 13.7 Å². The summed E-state index contributed by atoms with van der Waals surface area (Å²) in [6.07, 6.45) is 2.94. The third kappa shape index (κ3) is 4.18. The molecule has 10 heteroatoms. The number of ether oxygens (including phenoxy) is 1. The van der Waals surface area contributed by atoms with Crippen molar-refractivity contribution in [1.82, 2.24) is 20.2 Å². The predicted octanol–water partition coefficient (Wildman–Crippen LogP) is 5.88. The van der Waals surface area contributed by atoms with E-state index in [4.69, 9.17) is 9.72 Å². The first-order chi connectivity index (χ1) is 16.1. The van der Waals surface area contributed by atoms with Crippen LogP contribution in [-0.2, 0) is 9.53 Å². The lowest BCUT2D eigenvalue weighted by Gasteiger charge is -2.28. The minimum absolute atomic E-state index is 0.174. The van der Waals surface area contributed by atoms with E-state index in [1.807, 2.05) is 36.5 Å². The topological polar surface area (TPSA) is 87.3 Å². The lowest BCUT2D eigenvalue weighted by molar-refractivity contribution is -0.134. The standard InChI is InChI=1S/C23H21BrN4O3S2/c1-31-23(30)27-18(13-6-3-2-4-7-13)22(29)28-9-5-8-17(28)21-25-10-16(26-21)14-11-32-20-15(24)12-33-19(14)20/h2-4,6-7,10-12,17-18H,5,8-9H2,1H3,(H,25,26)(H,27,30)/t17-,18+/m0/s1. The average molecular weight is 545 g/mol. The Morgan fingerprint density at radius 3 is 2.82 bits per heavy atom. The van der Waals surface area contributed by atoms with Gasteiger partial charge < -0.3 is 19.9 Å². The molecule has 2 amide bonds. The molecule has 0 aliphatic carbocycles. The van der Waals surface area contributed by atoms with Gasteiger partial charge in [-0.3, -0.25) is 4.79 Å². The minimum Gasteiger partial charge on any atom is -0.453 e. The predicted molar refractivity (Wildman–Crippen MR) is 133 cm³/mol. The molecule has 4 heterocycles. The third-order valence-electron chi connectivity index (χ3n) is 5.80. The van der Waals surface area contributed by atoms with Gasteiger partial charge in [0, 0.05) is 33.5 Å². The molecule has 1 saturated heterocycles. The highest BCUT2D eigenvalue weighted by Crippen LogP contribution is 2.42. The fourth-order valence-corrected chi connectivity index (χ4v) is 7.24. The maximum Gasteiger partial charge on any atom is 0.407 e. The highest BCUT2D eigenvalue weighted by molar-refractivity contribution is 9.10. The van der Waals surface area contributed by atoms with E-state index in [0.29, 0.717) is 12.1 Å². The van der Waals surface area contributed by atoms with E-state index in [-0.39, 0.29) is 11.9 Å². The first-order valence-electron chi connectivity index (χ1n) is 10.5. The molecule has 3 aromatic heterocycles. The molecule has 0 saturated carbocycles. The number of rotatable bonds is 5. The van der Waals surface area contributed by atoms with Gasteiger partial charge in [0.25, 0.3) is 5.91 Å². The zero-order valence-corrected chi connectivity index (χ0v) is 20.9. The van der Waals surface area contributed by atoms with Crippen LogP contribution in [0.15, 0.2) is 51.8 Å². The average Bonchev–Trinajstić information content (AvgIpc) is 3.62. The van der Waals surface area contributed by atoms with Gasteiger partial charge in [-0.25, -0.2) is 9.78 Å². The summed E-state index contributed by atoms with van der Waals surface area (Å²) in [5, 5.41) is 6.91. The van der Waals surface area contributed by atoms with E-state index in [0.717, 1.165) is 34.4 Å². The van der Waals surface area contributed by atoms with E-state index in [2.05, 4.69) is 37.0 Å². The second-order valence-corrected chi connectivity index (χ2v) is 10.3. The molecular weight excluding hydrogens is 524 g/mol. The highest BCUT2D eigenvalue weighted by atomic mass is 79.9. The number of hydrogen-bond donors (Lipinski definition) is 2. The van der Waals surface area contributed by atoms with Crippen molar-refractivity contribution < 1.29 is 14.3 Å². The van der Waals surface area contributed by atoms with Crippen LogP contribution in [0.1, 0.15) is 36.3 Å². The molecule has 1 aliphatic heterocycles. The number of nitrogens with zero attached hydrogens (tertiary/aromatic N) is 2. The summed E-state index contributed by atoms with van der Waals surface area (Å²) in [6, 6.07) is 8.22. The van der Waals surface area contributed by atoms with Crippen LogP contribution in [0.2, 0.25) is 0 Å². The molecule has 0 spiro atoms. The Hall–Kier alpha value is -2.69. The summed E-state index contributed by atoms with van der Waals surface area (Å²) < 4.78 is 8.29. The van der Waals surface area contributed by atoms with Crippen LogP contribution in [0.25, 0.3) is 20.7 Å². The molecule has 1 fully saturated rings. The van der Waals surface area contributed by atoms with Crippen molar-refractivity contribution in [1.29, 1.82) is 0 Å². The molecule has 1 aliphatic rings. The van der Waals surface area contributed by atoms with E-state index in [1.54, 1.807) is 27.6 Å². The van der Waals surface area contributed by atoms with E-state index < -0.39 is 12.1 Å². The quantitative estimate of drug-likeness (QED) is 0.328. The summed E-state index contributed by atoms with van der Waals surface area (Å²) in [5.74, 6) is 0.586. The lowest BCUT2D eigenvalue weighted by Crippen LogP contribution is -2.42. The molecule has 170 valence electrons. The highest BCUT2D eigenvalue weighted by Gasteiger charge is 2.37. The number of thiophene rings is 2. The largest absolute Gasteiger partial charge is 0.453 e. The van der Waals surface area contributed by atoms with Crippen molar-refractivity contribution >= 4 is 60.0 Å². The zero-order chi connectivity index (χ0) is 22.9. The minimum atomic E-state index is -0.825. The fraction of sp³-hybridized carbons (Fsp3) is 0.261. The number of halogens is 1. The SMILES string of the molecule is COC(=O)N[C@@H](C(=O)N1CCC[C@H]1c1nc(-c2csc3c(Br)csc23)c[nH]1)c1ccccc1. The number of carbonyl (C=O) groups excluding carboxylic acids is 2. The lowest BCUT2D eigenvalue weighted by atomic mass is 10.1.